The maximum Gasteiger partial charge on any atom is 0.242 e. The Morgan fingerprint density at radius 2 is 1.89 bits per heavy atom. The highest BCUT2D eigenvalue weighted by atomic mass is 32.2. The minimum atomic E-state index is -3.10. The van der Waals surface area contributed by atoms with Crippen molar-refractivity contribution in [2.45, 2.75) is 26.3 Å². The predicted molar refractivity (Wildman–Crippen MR) is 99.9 cm³/mol. The standard InChI is InChI=1S/C18H24N2O6S/c1-3-19(15-6-9-27(23,24)12-15)18(22)11-20(13(2)21)14-4-5-16-17(10-14)26-8-7-25-16/h4-5,10,15H,3,6-9,11-12H2,1-2H3. The molecule has 1 atom stereocenters. The van der Waals surface area contributed by atoms with E-state index in [1.165, 1.54) is 11.8 Å². The molecule has 9 heteroatoms. The molecule has 0 spiro atoms. The topological polar surface area (TPSA) is 93.2 Å². The van der Waals surface area contributed by atoms with Crippen LogP contribution in [0, 0.1) is 0 Å². The fraction of sp³-hybridized carbons (Fsp3) is 0.556. The van der Waals surface area contributed by atoms with Crippen LogP contribution in [0.25, 0.3) is 0 Å². The second kappa shape index (κ2) is 7.75. The summed E-state index contributed by atoms with van der Waals surface area (Å²) in [5, 5.41) is 0. The van der Waals surface area contributed by atoms with Crippen LogP contribution in [0.3, 0.4) is 0 Å². The number of carbonyl (C=O) groups excluding carboxylic acids is 2. The first kappa shape index (κ1) is 19.5. The molecule has 1 aromatic rings. The van der Waals surface area contributed by atoms with E-state index in [1.807, 2.05) is 6.92 Å². The zero-order valence-electron chi connectivity index (χ0n) is 15.5. The molecule has 0 bridgehead atoms. The molecule has 0 radical (unpaired) electrons. The highest BCUT2D eigenvalue weighted by Gasteiger charge is 2.34. The predicted octanol–water partition coefficient (Wildman–Crippen LogP) is 0.846. The van der Waals surface area contributed by atoms with Gasteiger partial charge in [0.05, 0.1) is 11.5 Å². The summed E-state index contributed by atoms with van der Waals surface area (Å²) in [4.78, 5) is 27.9. The molecule has 1 unspecified atom stereocenters. The summed E-state index contributed by atoms with van der Waals surface area (Å²) in [5.74, 6) is 0.661. The molecular weight excluding hydrogens is 372 g/mol. The number of ether oxygens (including phenoxy) is 2. The van der Waals surface area contributed by atoms with Crippen molar-refractivity contribution in [3.8, 4) is 11.5 Å². The van der Waals surface area contributed by atoms with Gasteiger partial charge < -0.3 is 19.3 Å². The third-order valence-corrected chi connectivity index (χ3v) is 6.57. The summed E-state index contributed by atoms with van der Waals surface area (Å²) in [5.41, 5.74) is 0.537. The average Bonchev–Trinajstić information content (AvgIpc) is 2.99. The molecule has 0 aliphatic carbocycles. The Kier molecular flexibility index (Phi) is 5.59. The Morgan fingerprint density at radius 3 is 2.48 bits per heavy atom. The zero-order valence-corrected chi connectivity index (χ0v) is 16.3. The quantitative estimate of drug-likeness (QED) is 0.732. The lowest BCUT2D eigenvalue weighted by molar-refractivity contribution is -0.132. The Labute approximate surface area is 158 Å². The van der Waals surface area contributed by atoms with Crippen molar-refractivity contribution < 1.29 is 27.5 Å². The van der Waals surface area contributed by atoms with Crippen molar-refractivity contribution in [2.75, 3.05) is 42.7 Å². The summed E-state index contributed by atoms with van der Waals surface area (Å²) in [7, 11) is -3.10. The lowest BCUT2D eigenvalue weighted by atomic mass is 10.2. The van der Waals surface area contributed by atoms with Crippen molar-refractivity contribution in [1.82, 2.24) is 4.90 Å². The van der Waals surface area contributed by atoms with Crippen LogP contribution in [-0.2, 0) is 19.4 Å². The van der Waals surface area contributed by atoms with Gasteiger partial charge in [0, 0.05) is 31.3 Å². The number of likely N-dealkylation sites (N-methyl/N-ethyl adjacent to an activating group) is 1. The molecule has 2 heterocycles. The number of sulfone groups is 1. The molecule has 1 fully saturated rings. The van der Waals surface area contributed by atoms with Gasteiger partial charge in [0.2, 0.25) is 11.8 Å². The van der Waals surface area contributed by atoms with Crippen LogP contribution < -0.4 is 14.4 Å². The van der Waals surface area contributed by atoms with Gasteiger partial charge >= 0.3 is 0 Å². The van der Waals surface area contributed by atoms with Crippen molar-refractivity contribution in [3.05, 3.63) is 18.2 Å². The summed E-state index contributed by atoms with van der Waals surface area (Å²) in [6.07, 6.45) is 0.437. The number of carbonyl (C=O) groups is 2. The molecule has 0 aromatic heterocycles. The van der Waals surface area contributed by atoms with Crippen LogP contribution >= 0.6 is 0 Å². The van der Waals surface area contributed by atoms with Gasteiger partial charge in [-0.15, -0.1) is 0 Å². The van der Waals surface area contributed by atoms with Gasteiger partial charge in [-0.2, -0.15) is 0 Å². The number of benzene rings is 1. The van der Waals surface area contributed by atoms with Gasteiger partial charge in [-0.05, 0) is 25.5 Å². The lowest BCUT2D eigenvalue weighted by Gasteiger charge is -2.30. The second-order valence-electron chi connectivity index (χ2n) is 6.67. The number of amides is 2. The molecular formula is C18H24N2O6S. The largest absolute Gasteiger partial charge is 0.486 e. The van der Waals surface area contributed by atoms with E-state index in [0.717, 1.165) is 0 Å². The monoisotopic (exact) mass is 396 g/mol. The molecule has 2 aliphatic heterocycles. The normalized spacial score (nSPS) is 20.1. The molecule has 1 saturated heterocycles. The van der Waals surface area contributed by atoms with Crippen molar-refractivity contribution in [2.24, 2.45) is 0 Å². The first-order chi connectivity index (χ1) is 12.8. The fourth-order valence-corrected chi connectivity index (χ4v) is 5.20. The van der Waals surface area contributed by atoms with E-state index in [-0.39, 0.29) is 35.9 Å². The van der Waals surface area contributed by atoms with Crippen LogP contribution in [0.2, 0.25) is 0 Å². The van der Waals surface area contributed by atoms with Gasteiger partial charge in [-0.25, -0.2) is 8.42 Å². The molecule has 3 rings (SSSR count). The third kappa shape index (κ3) is 4.35. The molecule has 0 N–H and O–H groups in total. The number of anilines is 1. The molecule has 2 amide bonds. The summed E-state index contributed by atoms with van der Waals surface area (Å²) < 4.78 is 34.5. The summed E-state index contributed by atoms with van der Waals surface area (Å²) in [6, 6.07) is 4.77. The molecule has 148 valence electrons. The number of hydrogen-bond donors (Lipinski definition) is 0. The van der Waals surface area contributed by atoms with Crippen LogP contribution in [0.4, 0.5) is 5.69 Å². The van der Waals surface area contributed by atoms with E-state index >= 15 is 0 Å². The highest BCUT2D eigenvalue weighted by molar-refractivity contribution is 7.91. The SMILES string of the molecule is CCN(C(=O)CN(C(C)=O)c1ccc2c(c1)OCCO2)C1CCS(=O)(=O)C1. The van der Waals surface area contributed by atoms with E-state index in [2.05, 4.69) is 0 Å². The van der Waals surface area contributed by atoms with Crippen LogP contribution in [0.15, 0.2) is 18.2 Å². The third-order valence-electron chi connectivity index (χ3n) is 4.82. The molecule has 1 aromatic carbocycles. The average molecular weight is 396 g/mol. The molecule has 27 heavy (non-hydrogen) atoms. The van der Waals surface area contributed by atoms with Gasteiger partial charge in [0.15, 0.2) is 21.3 Å². The number of nitrogens with zero attached hydrogens (tertiary/aromatic N) is 2. The molecule has 2 aliphatic rings. The Hall–Kier alpha value is -2.29. The zero-order chi connectivity index (χ0) is 19.6. The molecule has 0 saturated carbocycles. The van der Waals surface area contributed by atoms with E-state index in [0.29, 0.717) is 43.4 Å². The second-order valence-corrected chi connectivity index (χ2v) is 8.90. The van der Waals surface area contributed by atoms with Crippen LogP contribution in [-0.4, -0.2) is 69.0 Å². The molecule has 8 nitrogen and oxygen atoms in total. The lowest BCUT2D eigenvalue weighted by Crippen LogP contribution is -2.47. The summed E-state index contributed by atoms with van der Waals surface area (Å²) >= 11 is 0. The Balaban J connectivity index is 1.77. The van der Waals surface area contributed by atoms with E-state index < -0.39 is 9.84 Å². The van der Waals surface area contributed by atoms with E-state index in [1.54, 1.807) is 23.1 Å². The Bertz CT molecular complexity index is 838. The maximum atomic E-state index is 12.8. The van der Waals surface area contributed by atoms with Gasteiger partial charge in [-0.3, -0.25) is 9.59 Å². The maximum absolute atomic E-state index is 12.8. The van der Waals surface area contributed by atoms with Gasteiger partial charge in [-0.1, -0.05) is 0 Å². The number of fused-ring (bicyclic) bond motifs is 1. The fourth-order valence-electron chi connectivity index (χ4n) is 3.47. The number of hydrogen-bond acceptors (Lipinski definition) is 6. The van der Waals surface area contributed by atoms with Crippen molar-refractivity contribution in [1.29, 1.82) is 0 Å². The van der Waals surface area contributed by atoms with Gasteiger partial charge in [0.25, 0.3) is 0 Å². The smallest absolute Gasteiger partial charge is 0.242 e. The van der Waals surface area contributed by atoms with E-state index in [9.17, 15) is 18.0 Å². The first-order valence-electron chi connectivity index (χ1n) is 8.98. The summed E-state index contributed by atoms with van der Waals surface area (Å²) in [6.45, 7) is 4.34. The van der Waals surface area contributed by atoms with Crippen LogP contribution in [0.1, 0.15) is 20.3 Å². The first-order valence-corrected chi connectivity index (χ1v) is 10.8. The van der Waals surface area contributed by atoms with Crippen molar-refractivity contribution in [3.63, 3.8) is 0 Å². The van der Waals surface area contributed by atoms with E-state index in [4.69, 9.17) is 9.47 Å². The van der Waals surface area contributed by atoms with Crippen LogP contribution in [0.5, 0.6) is 11.5 Å². The minimum absolute atomic E-state index is 0.0172. The minimum Gasteiger partial charge on any atom is -0.486 e. The highest BCUT2D eigenvalue weighted by Crippen LogP contribution is 2.34. The Morgan fingerprint density at radius 1 is 1.19 bits per heavy atom. The number of rotatable bonds is 5. The van der Waals surface area contributed by atoms with Gasteiger partial charge in [0.1, 0.15) is 19.8 Å². The van der Waals surface area contributed by atoms with Crippen molar-refractivity contribution >= 4 is 27.3 Å².